The van der Waals surface area contributed by atoms with E-state index in [9.17, 15) is 14.9 Å². The van der Waals surface area contributed by atoms with Crippen LogP contribution in [0.5, 0.6) is 5.75 Å². The maximum Gasteiger partial charge on any atom is 0.273 e. The first-order valence-electron chi connectivity index (χ1n) is 11.4. The predicted octanol–water partition coefficient (Wildman–Crippen LogP) is 2.39. The van der Waals surface area contributed by atoms with Gasteiger partial charge >= 0.3 is 0 Å². The van der Waals surface area contributed by atoms with E-state index in [0.717, 1.165) is 16.9 Å². The average molecular weight is 490 g/mol. The number of thiazole rings is 1. The van der Waals surface area contributed by atoms with Gasteiger partial charge in [-0.15, -0.1) is 11.3 Å². The highest BCUT2D eigenvalue weighted by Crippen LogP contribution is 2.20. The van der Waals surface area contributed by atoms with E-state index in [1.165, 1.54) is 17.2 Å². The molecule has 0 unspecified atom stereocenters. The highest BCUT2D eigenvalue weighted by Gasteiger charge is 2.24. The molecule has 2 heterocycles. The van der Waals surface area contributed by atoms with Crippen LogP contribution in [0.15, 0.2) is 53.3 Å². The second-order valence-corrected chi connectivity index (χ2v) is 9.47. The van der Waals surface area contributed by atoms with Gasteiger partial charge < -0.3 is 14.4 Å². The van der Waals surface area contributed by atoms with Gasteiger partial charge in [0.1, 0.15) is 16.5 Å². The Morgan fingerprint density at radius 1 is 1.14 bits per heavy atom. The van der Waals surface area contributed by atoms with Crippen LogP contribution in [0.4, 0.5) is 0 Å². The van der Waals surface area contributed by atoms with Crippen LogP contribution in [0, 0.1) is 11.3 Å². The standard InChI is InChI=1S/C27H27N3O4S/c1-18(2)20-10-8-19(9-11-20)16-24-26(32)30(22-6-4-5-7-23(22)33-3)27(35-24)21(17-28)25(31)29-12-14-34-15-13-29/h4-11,16,18H,12-15H2,1-3H3/b24-16+,27-21-. The summed E-state index contributed by atoms with van der Waals surface area (Å²) in [6.45, 7) is 5.88. The SMILES string of the molecule is COc1ccccc1-n1c(=O)/c(=C\c2ccc(C(C)C)cc2)s/c1=C(/C#N)C(=O)N1CCOCC1. The van der Waals surface area contributed by atoms with Crippen molar-refractivity contribution in [3.05, 3.63) is 79.2 Å². The van der Waals surface area contributed by atoms with Crippen molar-refractivity contribution in [2.24, 2.45) is 0 Å². The Morgan fingerprint density at radius 2 is 1.83 bits per heavy atom. The van der Waals surface area contributed by atoms with Crippen molar-refractivity contribution in [2.45, 2.75) is 19.8 Å². The van der Waals surface area contributed by atoms with Crippen LogP contribution in [0.2, 0.25) is 0 Å². The molecule has 35 heavy (non-hydrogen) atoms. The number of carbonyl (C=O) groups is 1. The van der Waals surface area contributed by atoms with Crippen LogP contribution in [0.25, 0.3) is 17.3 Å². The second-order valence-electron chi connectivity index (χ2n) is 8.44. The van der Waals surface area contributed by atoms with Gasteiger partial charge in [-0.05, 0) is 35.3 Å². The monoisotopic (exact) mass is 489 g/mol. The molecule has 0 saturated carbocycles. The van der Waals surface area contributed by atoms with E-state index >= 15 is 0 Å². The van der Waals surface area contributed by atoms with Crippen LogP contribution in [-0.2, 0) is 9.53 Å². The largest absolute Gasteiger partial charge is 0.495 e. The summed E-state index contributed by atoms with van der Waals surface area (Å²) in [6, 6.07) is 17.2. The molecular formula is C27H27N3O4S. The molecule has 0 aliphatic carbocycles. The van der Waals surface area contributed by atoms with Gasteiger partial charge in [-0.1, -0.05) is 50.2 Å². The van der Waals surface area contributed by atoms with E-state index in [0.29, 0.717) is 48.2 Å². The summed E-state index contributed by atoms with van der Waals surface area (Å²) in [5.74, 6) is 0.463. The summed E-state index contributed by atoms with van der Waals surface area (Å²) < 4.78 is 13.0. The summed E-state index contributed by atoms with van der Waals surface area (Å²) in [4.78, 5) is 28.6. The van der Waals surface area contributed by atoms with Gasteiger partial charge in [-0.2, -0.15) is 5.26 Å². The maximum atomic E-state index is 13.7. The zero-order valence-electron chi connectivity index (χ0n) is 20.0. The van der Waals surface area contributed by atoms with Crippen LogP contribution < -0.4 is 19.5 Å². The molecule has 180 valence electrons. The summed E-state index contributed by atoms with van der Waals surface area (Å²) in [5.41, 5.74) is 2.16. The first-order chi connectivity index (χ1) is 16.9. The number of ether oxygens (including phenoxy) is 2. The Bertz CT molecular complexity index is 1440. The van der Waals surface area contributed by atoms with Crippen LogP contribution >= 0.6 is 11.3 Å². The molecule has 0 spiro atoms. The molecule has 0 bridgehead atoms. The minimum absolute atomic E-state index is 0.0743. The third kappa shape index (κ3) is 5.06. The smallest absolute Gasteiger partial charge is 0.273 e. The number of nitrogens with zero attached hydrogens (tertiary/aromatic N) is 3. The molecule has 0 N–H and O–H groups in total. The number of hydrogen-bond donors (Lipinski definition) is 0. The third-order valence-electron chi connectivity index (χ3n) is 5.89. The molecule has 1 aliphatic rings. The molecule has 0 radical (unpaired) electrons. The second kappa shape index (κ2) is 10.7. The minimum Gasteiger partial charge on any atom is -0.495 e. The molecule has 1 saturated heterocycles. The van der Waals surface area contributed by atoms with Crippen LogP contribution in [0.3, 0.4) is 0 Å². The fraction of sp³-hybridized carbons (Fsp3) is 0.296. The number of rotatable bonds is 5. The van der Waals surface area contributed by atoms with Crippen molar-refractivity contribution in [3.8, 4) is 17.5 Å². The molecule has 3 aromatic rings. The number of hydrogen-bond acceptors (Lipinski definition) is 6. The quantitative estimate of drug-likeness (QED) is 0.550. The van der Waals surface area contributed by atoms with E-state index in [-0.39, 0.29) is 15.8 Å². The first kappa shape index (κ1) is 24.5. The van der Waals surface area contributed by atoms with Crippen molar-refractivity contribution in [1.82, 2.24) is 9.47 Å². The molecule has 1 fully saturated rings. The summed E-state index contributed by atoms with van der Waals surface area (Å²) in [5, 5.41) is 10.0. The lowest BCUT2D eigenvalue weighted by Crippen LogP contribution is -2.42. The zero-order chi connectivity index (χ0) is 24.9. The Morgan fingerprint density at radius 3 is 2.46 bits per heavy atom. The molecule has 8 heteroatoms. The van der Waals surface area contributed by atoms with E-state index in [2.05, 4.69) is 19.9 Å². The van der Waals surface area contributed by atoms with Gasteiger partial charge in [0.2, 0.25) is 0 Å². The molecule has 2 aromatic carbocycles. The van der Waals surface area contributed by atoms with E-state index < -0.39 is 5.91 Å². The number of amides is 1. The van der Waals surface area contributed by atoms with Crippen molar-refractivity contribution < 1.29 is 14.3 Å². The Hall–Kier alpha value is -3.67. The van der Waals surface area contributed by atoms with Crippen LogP contribution in [-0.4, -0.2) is 48.8 Å². The van der Waals surface area contributed by atoms with E-state index in [1.54, 1.807) is 35.2 Å². The Kier molecular flexibility index (Phi) is 7.49. The Balaban J connectivity index is 1.98. The van der Waals surface area contributed by atoms with Gasteiger partial charge in [0.25, 0.3) is 11.5 Å². The fourth-order valence-corrected chi connectivity index (χ4v) is 5.01. The summed E-state index contributed by atoms with van der Waals surface area (Å²) >= 11 is 1.13. The lowest BCUT2D eigenvalue weighted by atomic mass is 10.0. The first-order valence-corrected chi connectivity index (χ1v) is 12.2. The highest BCUT2D eigenvalue weighted by molar-refractivity contribution is 7.07. The van der Waals surface area contributed by atoms with Gasteiger partial charge in [-0.3, -0.25) is 14.2 Å². The van der Waals surface area contributed by atoms with Crippen molar-refractivity contribution in [3.63, 3.8) is 0 Å². The molecule has 1 aliphatic heterocycles. The number of nitriles is 1. The molecule has 0 atom stereocenters. The number of aromatic nitrogens is 1. The number of benzene rings is 2. The topological polar surface area (TPSA) is 84.6 Å². The fourth-order valence-electron chi connectivity index (χ4n) is 3.92. The predicted molar refractivity (Wildman–Crippen MR) is 136 cm³/mol. The highest BCUT2D eigenvalue weighted by atomic mass is 32.1. The van der Waals surface area contributed by atoms with Crippen molar-refractivity contribution in [1.29, 1.82) is 5.26 Å². The van der Waals surface area contributed by atoms with Gasteiger partial charge in [0.15, 0.2) is 5.57 Å². The van der Waals surface area contributed by atoms with Crippen molar-refractivity contribution >= 4 is 28.9 Å². The lowest BCUT2D eigenvalue weighted by molar-refractivity contribution is -0.128. The van der Waals surface area contributed by atoms with E-state index in [4.69, 9.17) is 9.47 Å². The summed E-state index contributed by atoms with van der Waals surface area (Å²) in [7, 11) is 1.52. The number of methoxy groups -OCH3 is 1. The van der Waals surface area contributed by atoms with Gasteiger partial charge in [-0.25, -0.2) is 0 Å². The third-order valence-corrected chi connectivity index (χ3v) is 6.98. The number of carbonyl (C=O) groups excluding carboxylic acids is 1. The Labute approximate surface area is 207 Å². The van der Waals surface area contributed by atoms with Gasteiger partial charge in [0, 0.05) is 13.1 Å². The number of para-hydroxylation sites is 2. The van der Waals surface area contributed by atoms with E-state index in [1.807, 2.05) is 24.3 Å². The van der Waals surface area contributed by atoms with Crippen LogP contribution in [0.1, 0.15) is 30.9 Å². The lowest BCUT2D eigenvalue weighted by Gasteiger charge is -2.26. The summed E-state index contributed by atoms with van der Waals surface area (Å²) in [6.07, 6.45) is 1.79. The molecule has 1 aromatic heterocycles. The number of morpholine rings is 1. The maximum absolute atomic E-state index is 13.7. The minimum atomic E-state index is -0.409. The molecule has 1 amide bonds. The molecule has 7 nitrogen and oxygen atoms in total. The van der Waals surface area contributed by atoms with Crippen molar-refractivity contribution in [2.75, 3.05) is 33.4 Å². The average Bonchev–Trinajstić information content (AvgIpc) is 3.20. The van der Waals surface area contributed by atoms with Gasteiger partial charge in [0.05, 0.1) is 30.5 Å². The zero-order valence-corrected chi connectivity index (χ0v) is 20.8. The normalized spacial score (nSPS) is 15.2. The molecular weight excluding hydrogens is 462 g/mol. The molecule has 4 rings (SSSR count).